The van der Waals surface area contributed by atoms with Crippen LogP contribution < -0.4 is 10.9 Å². The molecule has 0 bridgehead atoms. The van der Waals surface area contributed by atoms with E-state index in [1.54, 1.807) is 27.7 Å². The highest BCUT2D eigenvalue weighted by Gasteiger charge is 2.12. The Labute approximate surface area is 170 Å². The molecular weight excluding hydrogens is 402 g/mol. The minimum absolute atomic E-state index is 0.0240. The largest absolute Gasteiger partial charge is 0.277 e. The zero-order chi connectivity index (χ0) is 20.1. The highest BCUT2D eigenvalue weighted by Crippen LogP contribution is 2.21. The summed E-state index contributed by atoms with van der Waals surface area (Å²) in [5.41, 5.74) is 7.25. The van der Waals surface area contributed by atoms with Crippen molar-refractivity contribution in [3.8, 4) is 5.69 Å². The summed E-state index contributed by atoms with van der Waals surface area (Å²) in [6.07, 6.45) is 1.54. The topological polar surface area (TPSA) is 107 Å². The van der Waals surface area contributed by atoms with E-state index < -0.39 is 0 Å². The standard InChI is InChI=1S/C17H18ClN7O2S/c1-11-6-12(2)25(23-11)8-15(26)20-21-16(27)9-28-17-22-19-10-24(17)14-5-3-4-13(18)7-14/h3-7,10H,8-9H2,1-2H3,(H,20,26)(H,21,27). The molecule has 2 amide bonds. The number of hydrogen-bond acceptors (Lipinski definition) is 6. The van der Waals surface area contributed by atoms with Gasteiger partial charge in [0.15, 0.2) is 5.16 Å². The molecule has 0 saturated carbocycles. The number of carbonyl (C=O) groups excluding carboxylic acids is 2. The van der Waals surface area contributed by atoms with Crippen molar-refractivity contribution < 1.29 is 9.59 Å². The smallest absolute Gasteiger partial charge is 0.260 e. The first-order valence-electron chi connectivity index (χ1n) is 8.30. The number of halogens is 1. The molecular formula is C17H18ClN7O2S. The first-order valence-corrected chi connectivity index (χ1v) is 9.66. The van der Waals surface area contributed by atoms with Crippen LogP contribution in [0.5, 0.6) is 0 Å². The number of amides is 2. The van der Waals surface area contributed by atoms with E-state index >= 15 is 0 Å². The van der Waals surface area contributed by atoms with E-state index in [2.05, 4.69) is 26.1 Å². The van der Waals surface area contributed by atoms with Crippen molar-refractivity contribution in [2.24, 2.45) is 0 Å². The van der Waals surface area contributed by atoms with Gasteiger partial charge in [0.1, 0.15) is 12.9 Å². The summed E-state index contributed by atoms with van der Waals surface area (Å²) in [5.74, 6) is -0.682. The third-order valence-corrected chi connectivity index (χ3v) is 4.85. The number of nitrogens with zero attached hydrogens (tertiary/aromatic N) is 5. The van der Waals surface area contributed by atoms with Gasteiger partial charge in [0.05, 0.1) is 17.1 Å². The minimum atomic E-state index is -0.369. The van der Waals surface area contributed by atoms with Gasteiger partial charge in [-0.25, -0.2) is 0 Å². The third kappa shape index (κ3) is 5.11. The van der Waals surface area contributed by atoms with E-state index in [0.717, 1.165) is 17.1 Å². The Hall–Kier alpha value is -2.85. The average Bonchev–Trinajstić information content (AvgIpc) is 3.24. The van der Waals surface area contributed by atoms with E-state index in [1.807, 2.05) is 32.0 Å². The van der Waals surface area contributed by atoms with Gasteiger partial charge in [-0.2, -0.15) is 5.10 Å². The zero-order valence-electron chi connectivity index (χ0n) is 15.2. The Kier molecular flexibility index (Phi) is 6.32. The summed E-state index contributed by atoms with van der Waals surface area (Å²) in [4.78, 5) is 24.0. The van der Waals surface area contributed by atoms with E-state index in [9.17, 15) is 9.59 Å². The quantitative estimate of drug-likeness (QED) is 0.465. The van der Waals surface area contributed by atoms with Crippen molar-refractivity contribution in [1.82, 2.24) is 35.4 Å². The normalized spacial score (nSPS) is 10.7. The van der Waals surface area contributed by atoms with Gasteiger partial charge in [0, 0.05) is 10.7 Å². The van der Waals surface area contributed by atoms with Crippen LogP contribution in [-0.2, 0) is 16.1 Å². The molecule has 0 saturated heterocycles. The molecule has 0 radical (unpaired) electrons. The van der Waals surface area contributed by atoms with Gasteiger partial charge in [-0.05, 0) is 38.1 Å². The second-order valence-corrected chi connectivity index (χ2v) is 7.31. The number of rotatable bonds is 6. The van der Waals surface area contributed by atoms with Crippen LogP contribution in [0.2, 0.25) is 5.02 Å². The van der Waals surface area contributed by atoms with Crippen molar-refractivity contribution in [3.63, 3.8) is 0 Å². The van der Waals surface area contributed by atoms with Crippen LogP contribution in [-0.4, -0.2) is 42.1 Å². The highest BCUT2D eigenvalue weighted by atomic mass is 35.5. The van der Waals surface area contributed by atoms with Crippen LogP contribution in [0.3, 0.4) is 0 Å². The maximum atomic E-state index is 12.0. The van der Waals surface area contributed by atoms with E-state index in [-0.39, 0.29) is 24.1 Å². The number of hydrogen-bond donors (Lipinski definition) is 2. The maximum absolute atomic E-state index is 12.0. The van der Waals surface area contributed by atoms with Crippen LogP contribution in [0.25, 0.3) is 5.69 Å². The van der Waals surface area contributed by atoms with Crippen molar-refractivity contribution in [3.05, 3.63) is 53.1 Å². The number of carbonyl (C=O) groups is 2. The Morgan fingerprint density at radius 3 is 2.68 bits per heavy atom. The third-order valence-electron chi connectivity index (χ3n) is 3.67. The number of hydrazine groups is 1. The molecule has 3 aromatic rings. The summed E-state index contributed by atoms with van der Waals surface area (Å²) >= 11 is 7.20. The minimum Gasteiger partial charge on any atom is -0.277 e. The number of aryl methyl sites for hydroxylation is 2. The number of benzene rings is 1. The van der Waals surface area contributed by atoms with Gasteiger partial charge >= 0.3 is 0 Å². The number of aromatic nitrogens is 5. The van der Waals surface area contributed by atoms with E-state index in [0.29, 0.717) is 10.2 Å². The summed E-state index contributed by atoms with van der Waals surface area (Å²) in [5, 5.41) is 13.2. The molecule has 146 valence electrons. The predicted molar refractivity (Wildman–Crippen MR) is 105 cm³/mol. The molecule has 3 rings (SSSR count). The fraction of sp³-hybridized carbons (Fsp3) is 0.235. The molecule has 9 nitrogen and oxygen atoms in total. The molecule has 2 N–H and O–H groups in total. The van der Waals surface area contributed by atoms with Crippen LogP contribution in [0.4, 0.5) is 0 Å². The zero-order valence-corrected chi connectivity index (χ0v) is 16.8. The van der Waals surface area contributed by atoms with Crippen LogP contribution in [0.15, 0.2) is 41.8 Å². The Morgan fingerprint density at radius 1 is 1.18 bits per heavy atom. The lowest BCUT2D eigenvalue weighted by molar-refractivity contribution is -0.128. The number of nitrogens with one attached hydrogen (secondary N) is 2. The Morgan fingerprint density at radius 2 is 1.96 bits per heavy atom. The first kappa shape index (κ1) is 19.9. The second kappa shape index (κ2) is 8.89. The van der Waals surface area contributed by atoms with Gasteiger partial charge in [0.25, 0.3) is 5.91 Å². The fourth-order valence-corrected chi connectivity index (χ4v) is 3.36. The van der Waals surface area contributed by atoms with E-state index in [1.165, 1.54) is 11.8 Å². The lowest BCUT2D eigenvalue weighted by Gasteiger charge is -2.09. The molecule has 0 unspecified atom stereocenters. The van der Waals surface area contributed by atoms with Crippen LogP contribution in [0, 0.1) is 13.8 Å². The van der Waals surface area contributed by atoms with Crippen molar-refractivity contribution in [2.75, 3.05) is 5.75 Å². The molecule has 2 heterocycles. The van der Waals surface area contributed by atoms with Crippen LogP contribution in [0.1, 0.15) is 11.4 Å². The molecule has 0 aliphatic rings. The average molecular weight is 420 g/mol. The van der Waals surface area contributed by atoms with Crippen molar-refractivity contribution in [1.29, 1.82) is 0 Å². The van der Waals surface area contributed by atoms with Crippen LogP contribution >= 0.6 is 23.4 Å². The summed E-state index contributed by atoms with van der Waals surface area (Å²) in [6.45, 7) is 3.73. The molecule has 0 aliphatic heterocycles. The molecule has 1 aromatic carbocycles. The highest BCUT2D eigenvalue weighted by molar-refractivity contribution is 7.99. The van der Waals surface area contributed by atoms with Crippen molar-refractivity contribution >= 4 is 35.2 Å². The Bertz CT molecular complexity index is 1000. The maximum Gasteiger partial charge on any atom is 0.260 e. The molecule has 0 aliphatic carbocycles. The SMILES string of the molecule is Cc1cc(C)n(CC(=O)NNC(=O)CSc2nncn2-c2cccc(Cl)c2)n1. The lowest BCUT2D eigenvalue weighted by Crippen LogP contribution is -2.44. The van der Waals surface area contributed by atoms with Crippen molar-refractivity contribution in [2.45, 2.75) is 25.5 Å². The van der Waals surface area contributed by atoms with Gasteiger partial charge in [-0.15, -0.1) is 10.2 Å². The molecule has 11 heteroatoms. The fourth-order valence-electron chi connectivity index (χ4n) is 2.44. The van der Waals surface area contributed by atoms with Gasteiger partial charge < -0.3 is 0 Å². The molecule has 0 fully saturated rings. The summed E-state index contributed by atoms with van der Waals surface area (Å²) in [6, 6.07) is 9.09. The summed E-state index contributed by atoms with van der Waals surface area (Å²) in [7, 11) is 0. The van der Waals surface area contributed by atoms with E-state index in [4.69, 9.17) is 11.6 Å². The second-order valence-electron chi connectivity index (χ2n) is 5.93. The van der Waals surface area contributed by atoms with Gasteiger partial charge in [-0.1, -0.05) is 29.4 Å². The predicted octanol–water partition coefficient (Wildman–Crippen LogP) is 1.67. The monoisotopic (exact) mass is 419 g/mol. The molecule has 28 heavy (non-hydrogen) atoms. The molecule has 0 atom stereocenters. The molecule has 0 spiro atoms. The summed E-state index contributed by atoms with van der Waals surface area (Å²) < 4.78 is 3.30. The molecule has 2 aromatic heterocycles. The number of thioether (sulfide) groups is 1. The first-order chi connectivity index (χ1) is 13.4. The lowest BCUT2D eigenvalue weighted by atomic mass is 10.3. The van der Waals surface area contributed by atoms with Gasteiger partial charge in [-0.3, -0.25) is 29.7 Å². The Balaban J connectivity index is 1.49. The van der Waals surface area contributed by atoms with Gasteiger partial charge in [0.2, 0.25) is 5.91 Å².